The van der Waals surface area contributed by atoms with E-state index < -0.39 is 5.82 Å². The Balaban J connectivity index is 1.94. The molecular formula is C16H17FN2O2. The van der Waals surface area contributed by atoms with Crippen LogP contribution in [0.2, 0.25) is 0 Å². The van der Waals surface area contributed by atoms with Crippen LogP contribution >= 0.6 is 0 Å². The third kappa shape index (κ3) is 4.21. The van der Waals surface area contributed by atoms with Crippen molar-refractivity contribution in [2.75, 3.05) is 6.61 Å². The Bertz CT molecular complexity index is 615. The summed E-state index contributed by atoms with van der Waals surface area (Å²) < 4.78 is 18.8. The molecule has 2 aromatic carbocycles. The van der Waals surface area contributed by atoms with Gasteiger partial charge in [-0.05, 0) is 36.6 Å². The second-order valence-corrected chi connectivity index (χ2v) is 4.56. The molecule has 2 rings (SSSR count). The van der Waals surface area contributed by atoms with Gasteiger partial charge in [0.15, 0.2) is 5.84 Å². The first-order chi connectivity index (χ1) is 10.2. The Morgan fingerprint density at radius 1 is 1.19 bits per heavy atom. The third-order valence-electron chi connectivity index (χ3n) is 3.04. The van der Waals surface area contributed by atoms with Crippen LogP contribution in [0, 0.1) is 5.82 Å². The van der Waals surface area contributed by atoms with E-state index in [1.54, 1.807) is 0 Å². The molecule has 0 aliphatic heterocycles. The lowest BCUT2D eigenvalue weighted by atomic mass is 10.1. The van der Waals surface area contributed by atoms with Crippen LogP contribution in [0.1, 0.15) is 17.5 Å². The summed E-state index contributed by atoms with van der Waals surface area (Å²) in [6, 6.07) is 14.0. The fraction of sp³-hybridized carbons (Fsp3) is 0.188. The Morgan fingerprint density at radius 3 is 2.67 bits per heavy atom. The van der Waals surface area contributed by atoms with Crippen molar-refractivity contribution in [1.82, 2.24) is 0 Å². The van der Waals surface area contributed by atoms with Gasteiger partial charge in [0.2, 0.25) is 0 Å². The number of hydrogen-bond donors (Lipinski definition) is 2. The van der Waals surface area contributed by atoms with Gasteiger partial charge in [-0.2, -0.15) is 0 Å². The van der Waals surface area contributed by atoms with E-state index in [1.807, 2.05) is 18.2 Å². The van der Waals surface area contributed by atoms with Crippen LogP contribution in [0.3, 0.4) is 0 Å². The van der Waals surface area contributed by atoms with Crippen molar-refractivity contribution in [3.63, 3.8) is 0 Å². The molecule has 0 atom stereocenters. The summed E-state index contributed by atoms with van der Waals surface area (Å²) >= 11 is 0. The number of nitrogens with zero attached hydrogens (tertiary/aromatic N) is 1. The van der Waals surface area contributed by atoms with Crippen LogP contribution in [-0.2, 0) is 6.42 Å². The zero-order valence-corrected chi connectivity index (χ0v) is 11.5. The van der Waals surface area contributed by atoms with Gasteiger partial charge in [-0.1, -0.05) is 35.5 Å². The molecule has 0 unspecified atom stereocenters. The van der Waals surface area contributed by atoms with Gasteiger partial charge in [0, 0.05) is 0 Å². The van der Waals surface area contributed by atoms with E-state index in [2.05, 4.69) is 17.3 Å². The number of benzene rings is 2. The monoisotopic (exact) mass is 288 g/mol. The largest absolute Gasteiger partial charge is 0.493 e. The highest BCUT2D eigenvalue weighted by molar-refractivity contribution is 5.99. The number of halogens is 1. The van der Waals surface area contributed by atoms with Crippen molar-refractivity contribution in [2.24, 2.45) is 10.9 Å². The molecule has 0 aromatic heterocycles. The summed E-state index contributed by atoms with van der Waals surface area (Å²) in [6.45, 7) is 0.465. The van der Waals surface area contributed by atoms with E-state index in [0.29, 0.717) is 12.4 Å². The molecule has 0 radical (unpaired) electrons. The van der Waals surface area contributed by atoms with Crippen molar-refractivity contribution in [1.29, 1.82) is 0 Å². The highest BCUT2D eigenvalue weighted by atomic mass is 19.1. The maximum atomic E-state index is 13.2. The number of rotatable bonds is 6. The molecule has 0 saturated heterocycles. The molecule has 0 saturated carbocycles. The van der Waals surface area contributed by atoms with Gasteiger partial charge in [-0.3, -0.25) is 0 Å². The fourth-order valence-electron chi connectivity index (χ4n) is 1.99. The van der Waals surface area contributed by atoms with E-state index in [9.17, 15) is 4.39 Å². The molecule has 0 bridgehead atoms. The highest BCUT2D eigenvalue weighted by Crippen LogP contribution is 2.20. The Morgan fingerprint density at radius 2 is 1.95 bits per heavy atom. The zero-order valence-electron chi connectivity index (χ0n) is 11.5. The predicted molar refractivity (Wildman–Crippen MR) is 79.2 cm³/mol. The van der Waals surface area contributed by atoms with Gasteiger partial charge in [0.1, 0.15) is 11.6 Å². The first-order valence-corrected chi connectivity index (χ1v) is 6.65. The number of ether oxygens (including phenoxy) is 1. The molecule has 5 heteroatoms. The van der Waals surface area contributed by atoms with Gasteiger partial charge >= 0.3 is 0 Å². The Hall–Kier alpha value is -2.56. The standard InChI is InChI=1S/C16H17FN2O2/c17-13-8-9-15(14(11-13)16(18)19-20)21-10-4-7-12-5-2-1-3-6-12/h1-3,5-6,8-9,11,20H,4,7,10H2,(H2,18,19). The third-order valence-corrected chi connectivity index (χ3v) is 3.04. The minimum absolute atomic E-state index is 0.174. The first kappa shape index (κ1) is 14.8. The lowest BCUT2D eigenvalue weighted by Crippen LogP contribution is -2.15. The smallest absolute Gasteiger partial charge is 0.173 e. The van der Waals surface area contributed by atoms with Crippen LogP contribution < -0.4 is 10.5 Å². The van der Waals surface area contributed by atoms with Gasteiger partial charge in [0.05, 0.1) is 12.2 Å². The minimum Gasteiger partial charge on any atom is -0.493 e. The molecular weight excluding hydrogens is 271 g/mol. The molecule has 2 aromatic rings. The van der Waals surface area contributed by atoms with Crippen molar-refractivity contribution < 1.29 is 14.3 Å². The van der Waals surface area contributed by atoms with Crippen molar-refractivity contribution in [2.45, 2.75) is 12.8 Å². The second kappa shape index (κ2) is 7.28. The van der Waals surface area contributed by atoms with Crippen LogP contribution in [-0.4, -0.2) is 17.6 Å². The summed E-state index contributed by atoms with van der Waals surface area (Å²) in [7, 11) is 0. The predicted octanol–water partition coefficient (Wildman–Crippen LogP) is 2.93. The van der Waals surface area contributed by atoms with E-state index in [1.165, 1.54) is 23.8 Å². The van der Waals surface area contributed by atoms with Crippen LogP contribution in [0.15, 0.2) is 53.7 Å². The lowest BCUT2D eigenvalue weighted by molar-refractivity contribution is 0.307. The Labute approximate surface area is 122 Å². The molecule has 110 valence electrons. The van der Waals surface area contributed by atoms with Gasteiger partial charge in [0.25, 0.3) is 0 Å². The van der Waals surface area contributed by atoms with Crippen LogP contribution in [0.25, 0.3) is 0 Å². The van der Waals surface area contributed by atoms with E-state index in [-0.39, 0.29) is 11.4 Å². The van der Waals surface area contributed by atoms with Crippen LogP contribution in [0.5, 0.6) is 5.75 Å². The average Bonchev–Trinajstić information content (AvgIpc) is 2.53. The molecule has 0 amide bonds. The summed E-state index contributed by atoms with van der Waals surface area (Å²) in [5.74, 6) is -0.236. The lowest BCUT2D eigenvalue weighted by Gasteiger charge is -2.10. The molecule has 0 aliphatic rings. The average molecular weight is 288 g/mol. The first-order valence-electron chi connectivity index (χ1n) is 6.65. The molecule has 0 aliphatic carbocycles. The van der Waals surface area contributed by atoms with Crippen molar-refractivity contribution >= 4 is 5.84 Å². The number of oxime groups is 1. The van der Waals surface area contributed by atoms with Crippen LogP contribution in [0.4, 0.5) is 4.39 Å². The van der Waals surface area contributed by atoms with E-state index >= 15 is 0 Å². The number of hydrogen-bond acceptors (Lipinski definition) is 3. The molecule has 0 spiro atoms. The topological polar surface area (TPSA) is 67.8 Å². The summed E-state index contributed by atoms with van der Waals surface area (Å²) in [5, 5.41) is 11.6. The summed E-state index contributed by atoms with van der Waals surface area (Å²) in [6.07, 6.45) is 1.71. The number of nitrogens with two attached hydrogens (primary N) is 1. The van der Waals surface area contributed by atoms with E-state index in [0.717, 1.165) is 12.8 Å². The van der Waals surface area contributed by atoms with E-state index in [4.69, 9.17) is 15.7 Å². The molecule has 0 fully saturated rings. The van der Waals surface area contributed by atoms with Gasteiger partial charge in [-0.25, -0.2) is 4.39 Å². The molecule has 0 heterocycles. The fourth-order valence-corrected chi connectivity index (χ4v) is 1.99. The summed E-state index contributed by atoms with van der Waals surface area (Å²) in [4.78, 5) is 0. The summed E-state index contributed by atoms with van der Waals surface area (Å²) in [5.41, 5.74) is 6.99. The van der Waals surface area contributed by atoms with Gasteiger partial charge in [-0.15, -0.1) is 0 Å². The van der Waals surface area contributed by atoms with Crippen molar-refractivity contribution in [3.8, 4) is 5.75 Å². The highest BCUT2D eigenvalue weighted by Gasteiger charge is 2.10. The molecule has 4 nitrogen and oxygen atoms in total. The van der Waals surface area contributed by atoms with Crippen molar-refractivity contribution in [3.05, 3.63) is 65.5 Å². The zero-order chi connectivity index (χ0) is 15.1. The Kier molecular flexibility index (Phi) is 5.15. The minimum atomic E-state index is -0.465. The normalized spacial score (nSPS) is 11.4. The number of aryl methyl sites for hydroxylation is 1. The second-order valence-electron chi connectivity index (χ2n) is 4.56. The quantitative estimate of drug-likeness (QED) is 0.282. The SMILES string of the molecule is NC(=NO)c1cc(F)ccc1OCCCc1ccccc1. The molecule has 3 N–H and O–H groups in total. The maximum Gasteiger partial charge on any atom is 0.173 e. The number of amidine groups is 1. The van der Waals surface area contributed by atoms with Gasteiger partial charge < -0.3 is 15.7 Å². The molecule has 21 heavy (non-hydrogen) atoms. The maximum absolute atomic E-state index is 13.2.